The summed E-state index contributed by atoms with van der Waals surface area (Å²) >= 11 is 0. The maximum atomic E-state index is 10.8. The van der Waals surface area contributed by atoms with E-state index in [-0.39, 0.29) is 10.6 Å². The zero-order valence-corrected chi connectivity index (χ0v) is 13.5. The average Bonchev–Trinajstić information content (AvgIpc) is 2.89. The maximum absolute atomic E-state index is 10.8. The normalized spacial score (nSPS) is 15.0. The fourth-order valence-electron chi connectivity index (χ4n) is 3.21. The number of nitro groups is 1. The third-order valence-corrected chi connectivity index (χ3v) is 4.46. The molecule has 2 aromatic carbocycles. The summed E-state index contributed by atoms with van der Waals surface area (Å²) in [6.45, 7) is 0. The zero-order chi connectivity index (χ0) is 17.2. The summed E-state index contributed by atoms with van der Waals surface area (Å²) < 4.78 is 0. The molecular formula is C21H16N2O2. The van der Waals surface area contributed by atoms with E-state index in [1.807, 2.05) is 36.6 Å². The Labute approximate surface area is 145 Å². The minimum Gasteiger partial charge on any atom is -0.361 e. The third-order valence-electron chi connectivity index (χ3n) is 4.46. The molecule has 1 heterocycles. The van der Waals surface area contributed by atoms with E-state index in [0.29, 0.717) is 0 Å². The molecule has 0 saturated carbocycles. The molecule has 0 unspecified atom stereocenters. The van der Waals surface area contributed by atoms with E-state index in [1.165, 1.54) is 16.7 Å². The first kappa shape index (κ1) is 15.1. The number of nitrogens with zero attached hydrogens (tertiary/aromatic N) is 1. The molecule has 0 saturated heterocycles. The molecule has 0 amide bonds. The van der Waals surface area contributed by atoms with Gasteiger partial charge in [0, 0.05) is 29.6 Å². The molecule has 1 N–H and O–H groups in total. The van der Waals surface area contributed by atoms with Gasteiger partial charge in [-0.15, -0.1) is 0 Å². The van der Waals surface area contributed by atoms with Crippen LogP contribution < -0.4 is 5.32 Å². The largest absolute Gasteiger partial charge is 0.361 e. The van der Waals surface area contributed by atoms with Gasteiger partial charge in [-0.3, -0.25) is 10.1 Å². The summed E-state index contributed by atoms with van der Waals surface area (Å²) in [5.41, 5.74) is 7.01. The molecule has 0 fully saturated rings. The molecule has 4 heteroatoms. The minimum absolute atomic E-state index is 0.118. The molecule has 4 rings (SSSR count). The van der Waals surface area contributed by atoms with Gasteiger partial charge in [0.05, 0.1) is 4.92 Å². The van der Waals surface area contributed by atoms with E-state index in [1.54, 1.807) is 12.1 Å². The van der Waals surface area contributed by atoms with Crippen molar-refractivity contribution in [1.82, 2.24) is 5.32 Å². The smallest absolute Gasteiger partial charge is 0.269 e. The fraction of sp³-hybridized carbons (Fsp3) is 0.0476. The second-order valence-corrected chi connectivity index (χ2v) is 6.00. The van der Waals surface area contributed by atoms with Gasteiger partial charge in [0.1, 0.15) is 0 Å². The molecule has 0 radical (unpaired) electrons. The molecule has 0 aromatic heterocycles. The van der Waals surface area contributed by atoms with E-state index in [0.717, 1.165) is 23.2 Å². The molecule has 122 valence electrons. The summed E-state index contributed by atoms with van der Waals surface area (Å²) in [4.78, 5) is 10.5. The lowest BCUT2D eigenvalue weighted by Gasteiger charge is -2.11. The molecule has 25 heavy (non-hydrogen) atoms. The number of hydrogen-bond acceptors (Lipinski definition) is 3. The Morgan fingerprint density at radius 2 is 1.84 bits per heavy atom. The average molecular weight is 328 g/mol. The topological polar surface area (TPSA) is 55.2 Å². The van der Waals surface area contributed by atoms with Gasteiger partial charge in [-0.1, -0.05) is 30.4 Å². The van der Waals surface area contributed by atoms with Crippen LogP contribution in [0.3, 0.4) is 0 Å². The highest BCUT2D eigenvalue weighted by Crippen LogP contribution is 2.36. The van der Waals surface area contributed by atoms with Crippen LogP contribution in [0.4, 0.5) is 5.69 Å². The second kappa shape index (κ2) is 6.24. The van der Waals surface area contributed by atoms with Crippen LogP contribution >= 0.6 is 0 Å². The molecule has 1 aliphatic carbocycles. The predicted molar refractivity (Wildman–Crippen MR) is 101 cm³/mol. The van der Waals surface area contributed by atoms with Gasteiger partial charge >= 0.3 is 0 Å². The van der Waals surface area contributed by atoms with Crippen molar-refractivity contribution in [3.8, 4) is 0 Å². The molecule has 1 aliphatic heterocycles. The van der Waals surface area contributed by atoms with Crippen LogP contribution in [0.2, 0.25) is 0 Å². The number of nitro benzene ring substituents is 1. The highest BCUT2D eigenvalue weighted by Gasteiger charge is 2.19. The lowest BCUT2D eigenvalue weighted by molar-refractivity contribution is -0.384. The van der Waals surface area contributed by atoms with Crippen molar-refractivity contribution in [2.45, 2.75) is 6.42 Å². The van der Waals surface area contributed by atoms with Crippen molar-refractivity contribution < 1.29 is 4.92 Å². The van der Waals surface area contributed by atoms with Gasteiger partial charge in [-0.2, -0.15) is 0 Å². The van der Waals surface area contributed by atoms with Gasteiger partial charge in [0.25, 0.3) is 5.69 Å². The first-order valence-corrected chi connectivity index (χ1v) is 8.10. The SMILES string of the molecule is O=[N+]([O-])c1ccc(C2=Cc3c(cccc3C3=CC=CC=CN3)C2)cc1. The fourth-order valence-corrected chi connectivity index (χ4v) is 3.21. The Bertz CT molecular complexity index is 964. The standard InChI is InChI=1S/C21H16N2O2/c24-23(25)18-10-8-15(9-11-18)17-13-16-5-4-6-19(20(16)14-17)21-7-2-1-3-12-22-21/h1-12,14,22H,13H2. The minimum atomic E-state index is -0.370. The number of fused-ring (bicyclic) bond motifs is 1. The van der Waals surface area contributed by atoms with Crippen LogP contribution in [0.15, 0.2) is 73.0 Å². The van der Waals surface area contributed by atoms with Crippen molar-refractivity contribution in [3.05, 3.63) is 105 Å². The summed E-state index contributed by atoms with van der Waals surface area (Å²) in [5.74, 6) is 0. The molecule has 2 aromatic rings. The molecular weight excluding hydrogens is 312 g/mol. The monoisotopic (exact) mass is 328 g/mol. The molecule has 0 atom stereocenters. The Morgan fingerprint density at radius 1 is 1.00 bits per heavy atom. The number of non-ortho nitro benzene ring substituents is 1. The Kier molecular flexibility index (Phi) is 3.78. The Morgan fingerprint density at radius 3 is 2.64 bits per heavy atom. The van der Waals surface area contributed by atoms with Gasteiger partial charge < -0.3 is 5.32 Å². The van der Waals surface area contributed by atoms with Gasteiger partial charge in [-0.05, 0) is 59.0 Å². The molecule has 0 spiro atoms. The van der Waals surface area contributed by atoms with Crippen LogP contribution in [0.5, 0.6) is 0 Å². The van der Waals surface area contributed by atoms with Gasteiger partial charge in [0.2, 0.25) is 0 Å². The van der Waals surface area contributed by atoms with Crippen molar-refractivity contribution in [2.75, 3.05) is 0 Å². The Hall–Kier alpha value is -3.40. The van der Waals surface area contributed by atoms with E-state index in [4.69, 9.17) is 0 Å². The van der Waals surface area contributed by atoms with Crippen molar-refractivity contribution in [3.63, 3.8) is 0 Å². The van der Waals surface area contributed by atoms with Crippen molar-refractivity contribution in [1.29, 1.82) is 0 Å². The van der Waals surface area contributed by atoms with Crippen LogP contribution in [0.25, 0.3) is 17.3 Å². The number of allylic oxidation sites excluding steroid dienone is 5. The summed E-state index contributed by atoms with van der Waals surface area (Å²) in [6.07, 6.45) is 13.0. The predicted octanol–water partition coefficient (Wildman–Crippen LogP) is 4.71. The van der Waals surface area contributed by atoms with Gasteiger partial charge in [-0.25, -0.2) is 0 Å². The van der Waals surface area contributed by atoms with Crippen LogP contribution in [0, 0.1) is 10.1 Å². The maximum Gasteiger partial charge on any atom is 0.269 e. The summed E-state index contributed by atoms with van der Waals surface area (Å²) in [5, 5.41) is 14.1. The first-order valence-electron chi connectivity index (χ1n) is 8.10. The zero-order valence-electron chi connectivity index (χ0n) is 13.5. The summed E-state index contributed by atoms with van der Waals surface area (Å²) in [6, 6.07) is 13.1. The molecule has 4 nitrogen and oxygen atoms in total. The van der Waals surface area contributed by atoms with E-state index in [9.17, 15) is 10.1 Å². The number of nitrogens with one attached hydrogen (secondary N) is 1. The van der Waals surface area contributed by atoms with E-state index in [2.05, 4.69) is 35.7 Å². The number of benzene rings is 2. The highest BCUT2D eigenvalue weighted by atomic mass is 16.6. The molecule has 2 aliphatic rings. The molecule has 0 bridgehead atoms. The van der Waals surface area contributed by atoms with Crippen molar-refractivity contribution in [2.24, 2.45) is 0 Å². The van der Waals surface area contributed by atoms with E-state index < -0.39 is 0 Å². The highest BCUT2D eigenvalue weighted by molar-refractivity contribution is 5.92. The second-order valence-electron chi connectivity index (χ2n) is 6.00. The van der Waals surface area contributed by atoms with Crippen LogP contribution in [-0.2, 0) is 6.42 Å². The van der Waals surface area contributed by atoms with Crippen LogP contribution in [-0.4, -0.2) is 4.92 Å². The summed E-state index contributed by atoms with van der Waals surface area (Å²) in [7, 11) is 0. The number of rotatable bonds is 3. The lowest BCUT2D eigenvalue weighted by Crippen LogP contribution is -2.04. The quantitative estimate of drug-likeness (QED) is 0.656. The third kappa shape index (κ3) is 2.90. The number of hydrogen-bond donors (Lipinski definition) is 1. The van der Waals surface area contributed by atoms with Crippen LogP contribution in [0.1, 0.15) is 22.3 Å². The lowest BCUT2D eigenvalue weighted by atomic mass is 10.0. The van der Waals surface area contributed by atoms with Gasteiger partial charge in [0.15, 0.2) is 0 Å². The Balaban J connectivity index is 1.71. The van der Waals surface area contributed by atoms with Crippen molar-refractivity contribution >= 4 is 23.0 Å². The first-order chi connectivity index (χ1) is 12.2. The van der Waals surface area contributed by atoms with E-state index >= 15 is 0 Å².